The molecule has 0 heterocycles. The van der Waals surface area contributed by atoms with Crippen LogP contribution in [0.3, 0.4) is 0 Å². The lowest BCUT2D eigenvalue weighted by molar-refractivity contribution is -0.107. The van der Waals surface area contributed by atoms with Gasteiger partial charge >= 0.3 is 0 Å². The van der Waals surface area contributed by atoms with Gasteiger partial charge in [0.2, 0.25) is 0 Å². The Kier molecular flexibility index (Phi) is 19.1. The highest BCUT2D eigenvalue weighted by molar-refractivity contribution is 5.48. The van der Waals surface area contributed by atoms with E-state index in [2.05, 4.69) is 0 Å². The molecule has 0 saturated carbocycles. The SMILES string of the molecule is CC/C=C/CO.CCC=O. The van der Waals surface area contributed by atoms with Crippen molar-refractivity contribution in [3.63, 3.8) is 0 Å². The van der Waals surface area contributed by atoms with Crippen LogP contribution in [0.4, 0.5) is 0 Å². The Morgan fingerprint density at radius 2 is 1.70 bits per heavy atom. The summed E-state index contributed by atoms with van der Waals surface area (Å²) in [6.07, 6.45) is 6.20. The summed E-state index contributed by atoms with van der Waals surface area (Å²) < 4.78 is 0. The average molecular weight is 144 g/mol. The highest BCUT2D eigenvalue weighted by Gasteiger charge is 1.60. The van der Waals surface area contributed by atoms with Crippen molar-refractivity contribution in [3.05, 3.63) is 12.2 Å². The van der Waals surface area contributed by atoms with Gasteiger partial charge < -0.3 is 9.90 Å². The maximum Gasteiger partial charge on any atom is 0.119 e. The van der Waals surface area contributed by atoms with Gasteiger partial charge in [-0.2, -0.15) is 0 Å². The van der Waals surface area contributed by atoms with Crippen molar-refractivity contribution in [1.29, 1.82) is 0 Å². The third kappa shape index (κ3) is 26.3. The molecule has 0 aliphatic carbocycles. The molecule has 0 atom stereocenters. The molecule has 0 bridgehead atoms. The smallest absolute Gasteiger partial charge is 0.119 e. The number of aliphatic hydroxyl groups excluding tert-OH is 1. The summed E-state index contributed by atoms with van der Waals surface area (Å²) in [4.78, 5) is 9.17. The van der Waals surface area contributed by atoms with E-state index in [1.165, 1.54) is 0 Å². The minimum absolute atomic E-state index is 0.174. The van der Waals surface area contributed by atoms with Gasteiger partial charge in [0.05, 0.1) is 6.61 Å². The van der Waals surface area contributed by atoms with Crippen molar-refractivity contribution < 1.29 is 9.90 Å². The van der Waals surface area contributed by atoms with E-state index >= 15 is 0 Å². The molecule has 0 aromatic heterocycles. The number of aliphatic hydroxyl groups is 1. The second-order valence-corrected chi connectivity index (χ2v) is 1.64. The number of aldehydes is 1. The summed E-state index contributed by atoms with van der Waals surface area (Å²) in [5, 5.41) is 8.11. The van der Waals surface area contributed by atoms with Gasteiger partial charge in [-0.05, 0) is 6.42 Å². The van der Waals surface area contributed by atoms with Crippen LogP contribution in [0.1, 0.15) is 26.7 Å². The first-order valence-corrected chi connectivity index (χ1v) is 3.52. The molecular formula is C8H16O2. The summed E-state index contributed by atoms with van der Waals surface area (Å²) >= 11 is 0. The normalized spacial score (nSPS) is 8.70. The first-order valence-electron chi connectivity index (χ1n) is 3.52. The second-order valence-electron chi connectivity index (χ2n) is 1.64. The maximum absolute atomic E-state index is 9.17. The van der Waals surface area contributed by atoms with E-state index in [-0.39, 0.29) is 6.61 Å². The van der Waals surface area contributed by atoms with Gasteiger partial charge in [0.1, 0.15) is 6.29 Å². The van der Waals surface area contributed by atoms with Crippen LogP contribution in [0.5, 0.6) is 0 Å². The lowest BCUT2D eigenvalue weighted by Crippen LogP contribution is -1.67. The Morgan fingerprint density at radius 3 is 1.80 bits per heavy atom. The largest absolute Gasteiger partial charge is 0.392 e. The third-order valence-corrected chi connectivity index (χ3v) is 0.674. The van der Waals surface area contributed by atoms with E-state index in [0.717, 1.165) is 12.7 Å². The van der Waals surface area contributed by atoms with Crippen LogP contribution in [0.15, 0.2) is 12.2 Å². The maximum atomic E-state index is 9.17. The molecule has 0 saturated heterocycles. The molecule has 2 heteroatoms. The van der Waals surface area contributed by atoms with E-state index < -0.39 is 0 Å². The highest BCUT2D eigenvalue weighted by Crippen LogP contribution is 1.74. The molecular weight excluding hydrogens is 128 g/mol. The fourth-order valence-electron chi connectivity index (χ4n) is 0.241. The van der Waals surface area contributed by atoms with E-state index in [9.17, 15) is 4.79 Å². The van der Waals surface area contributed by atoms with Crippen molar-refractivity contribution in [2.75, 3.05) is 6.61 Å². The standard InChI is InChI=1S/C5H10O.C3H6O/c1-2-3-4-5-6;1-2-3-4/h3-4,6H,2,5H2,1H3;3H,2H2,1H3/b4-3+;. The minimum atomic E-state index is 0.174. The molecule has 2 nitrogen and oxygen atoms in total. The number of hydrogen-bond donors (Lipinski definition) is 1. The summed E-state index contributed by atoms with van der Waals surface area (Å²) in [6, 6.07) is 0. The minimum Gasteiger partial charge on any atom is -0.392 e. The van der Waals surface area contributed by atoms with Crippen LogP contribution >= 0.6 is 0 Å². The average Bonchev–Trinajstić information content (AvgIpc) is 2.01. The lowest BCUT2D eigenvalue weighted by atomic mass is 10.4. The van der Waals surface area contributed by atoms with Gasteiger partial charge in [0.25, 0.3) is 0 Å². The van der Waals surface area contributed by atoms with Crippen LogP contribution in [0.25, 0.3) is 0 Å². The highest BCUT2D eigenvalue weighted by atomic mass is 16.2. The van der Waals surface area contributed by atoms with Crippen molar-refractivity contribution >= 4 is 6.29 Å². The molecule has 0 aromatic rings. The molecule has 0 spiro atoms. The third-order valence-electron chi connectivity index (χ3n) is 0.674. The molecule has 0 fully saturated rings. The van der Waals surface area contributed by atoms with Crippen LogP contribution < -0.4 is 0 Å². The van der Waals surface area contributed by atoms with Crippen LogP contribution in [0.2, 0.25) is 0 Å². The van der Waals surface area contributed by atoms with Crippen molar-refractivity contribution in [2.45, 2.75) is 26.7 Å². The second kappa shape index (κ2) is 15.8. The number of carbonyl (C=O) groups is 1. The van der Waals surface area contributed by atoms with Crippen LogP contribution in [-0.2, 0) is 4.79 Å². The number of allylic oxidation sites excluding steroid dienone is 1. The van der Waals surface area contributed by atoms with Crippen molar-refractivity contribution in [3.8, 4) is 0 Å². The zero-order chi connectivity index (χ0) is 8.24. The molecule has 0 aliphatic rings. The number of rotatable bonds is 3. The Morgan fingerprint density at radius 1 is 1.20 bits per heavy atom. The van der Waals surface area contributed by atoms with Gasteiger partial charge in [-0.25, -0.2) is 0 Å². The van der Waals surface area contributed by atoms with Gasteiger partial charge in [-0.15, -0.1) is 0 Å². The predicted octanol–water partition coefficient (Wildman–Crippen LogP) is 1.54. The fraction of sp³-hybridized carbons (Fsp3) is 0.625. The Hall–Kier alpha value is -0.630. The molecule has 0 aliphatic heterocycles. The molecule has 0 amide bonds. The molecule has 1 N–H and O–H groups in total. The first-order chi connectivity index (χ1) is 4.83. The van der Waals surface area contributed by atoms with E-state index in [1.54, 1.807) is 6.08 Å². The van der Waals surface area contributed by atoms with E-state index in [0.29, 0.717) is 6.42 Å². The van der Waals surface area contributed by atoms with Crippen LogP contribution in [-0.4, -0.2) is 18.0 Å². The molecule has 0 radical (unpaired) electrons. The van der Waals surface area contributed by atoms with Crippen molar-refractivity contribution in [2.24, 2.45) is 0 Å². The zero-order valence-corrected chi connectivity index (χ0v) is 6.71. The number of carbonyl (C=O) groups excluding carboxylic acids is 1. The monoisotopic (exact) mass is 144 g/mol. The topological polar surface area (TPSA) is 37.3 Å². The zero-order valence-electron chi connectivity index (χ0n) is 6.71. The van der Waals surface area contributed by atoms with E-state index in [4.69, 9.17) is 5.11 Å². The number of hydrogen-bond acceptors (Lipinski definition) is 2. The Labute approximate surface area is 62.6 Å². The molecule has 60 valence electrons. The summed E-state index contributed by atoms with van der Waals surface area (Å²) in [7, 11) is 0. The lowest BCUT2D eigenvalue weighted by Gasteiger charge is -1.72. The molecule has 0 aromatic carbocycles. The van der Waals surface area contributed by atoms with Gasteiger partial charge in [-0.3, -0.25) is 0 Å². The first kappa shape index (κ1) is 12.1. The van der Waals surface area contributed by atoms with Gasteiger partial charge in [-0.1, -0.05) is 26.0 Å². The molecule has 0 unspecified atom stereocenters. The Bertz CT molecular complexity index is 71.3. The van der Waals surface area contributed by atoms with Crippen LogP contribution in [0, 0.1) is 0 Å². The van der Waals surface area contributed by atoms with E-state index in [1.807, 2.05) is 19.9 Å². The summed E-state index contributed by atoms with van der Waals surface area (Å²) in [6.45, 7) is 4.02. The predicted molar refractivity (Wildman–Crippen MR) is 42.9 cm³/mol. The molecule has 0 rings (SSSR count). The molecule has 10 heavy (non-hydrogen) atoms. The fourth-order valence-corrected chi connectivity index (χ4v) is 0.241. The van der Waals surface area contributed by atoms with Crippen molar-refractivity contribution in [1.82, 2.24) is 0 Å². The van der Waals surface area contributed by atoms with Gasteiger partial charge in [0.15, 0.2) is 0 Å². The quantitative estimate of drug-likeness (QED) is 0.482. The summed E-state index contributed by atoms with van der Waals surface area (Å²) in [5.74, 6) is 0. The summed E-state index contributed by atoms with van der Waals surface area (Å²) in [5.41, 5.74) is 0. The Balaban J connectivity index is 0. The van der Waals surface area contributed by atoms with Gasteiger partial charge in [0, 0.05) is 6.42 Å².